The van der Waals surface area contributed by atoms with Gasteiger partial charge in [0.05, 0.1) is 0 Å². The third-order valence-electron chi connectivity index (χ3n) is 1.46. The van der Waals surface area contributed by atoms with Crippen LogP contribution in [0.3, 0.4) is 0 Å². The number of benzene rings is 1. The van der Waals surface area contributed by atoms with E-state index in [1.165, 1.54) is 0 Å². The van der Waals surface area contributed by atoms with E-state index in [4.69, 9.17) is 16.6 Å². The number of hydrogen-bond donors (Lipinski definition) is 0. The van der Waals surface area contributed by atoms with E-state index in [1.54, 1.807) is 19.1 Å². The zero-order valence-electron chi connectivity index (χ0n) is 7.07. The Labute approximate surface area is 81.4 Å². The molecule has 1 unspecified atom stereocenters. The highest BCUT2D eigenvalue weighted by molar-refractivity contribution is 6.13. The second-order valence-corrected chi connectivity index (χ2v) is 2.62. The van der Waals surface area contributed by atoms with Crippen LogP contribution in [-0.2, 0) is 9.08 Å². The van der Waals surface area contributed by atoms with Crippen molar-refractivity contribution in [2.24, 2.45) is 0 Å². The Hall–Kier alpha value is -1.22. The molecule has 0 saturated carbocycles. The van der Waals surface area contributed by atoms with Crippen LogP contribution in [0, 0.1) is 0 Å². The Kier molecular flexibility index (Phi) is 3.58. The van der Waals surface area contributed by atoms with Gasteiger partial charge in [-0.15, -0.1) is 0 Å². The summed E-state index contributed by atoms with van der Waals surface area (Å²) in [5.74, 6) is 0.00239. The first-order valence-corrected chi connectivity index (χ1v) is 4.09. The summed E-state index contributed by atoms with van der Waals surface area (Å²) in [7, 11) is 0. The molecule has 0 amide bonds. The third kappa shape index (κ3) is 2.95. The average Bonchev–Trinajstić information content (AvgIpc) is 2.18. The molecule has 3 nitrogen and oxygen atoms in total. The maximum Gasteiger partial charge on any atom is 0.365 e. The molecule has 0 aliphatic heterocycles. The Morgan fingerprint density at radius 2 is 2.00 bits per heavy atom. The molecule has 0 bridgehead atoms. The molecule has 0 spiro atoms. The molecule has 1 rings (SSSR count). The lowest BCUT2D eigenvalue weighted by Crippen LogP contribution is -2.23. The summed E-state index contributed by atoms with van der Waals surface area (Å²) in [6.45, 7) is 1.57. The Balaban J connectivity index is 2.55. The molecule has 1 atom stereocenters. The minimum absolute atomic E-state index is 0.606. The van der Waals surface area contributed by atoms with E-state index in [2.05, 4.69) is 4.29 Å². The number of hydrogen-bond acceptors (Lipinski definition) is 3. The fourth-order valence-electron chi connectivity index (χ4n) is 0.814. The molecule has 13 heavy (non-hydrogen) atoms. The van der Waals surface area contributed by atoms with E-state index in [1.807, 2.05) is 18.2 Å². The molecule has 70 valence electrons. The number of para-hydroxylation sites is 1. The second-order valence-electron chi connectivity index (χ2n) is 2.47. The molecule has 0 aliphatic carbocycles. The smallest absolute Gasteiger partial charge is 0.365 e. The number of carbonyl (C=O) groups excluding carboxylic acids is 1. The fourth-order valence-corrected chi connectivity index (χ4v) is 0.939. The zero-order valence-corrected chi connectivity index (χ0v) is 7.82. The summed E-state index contributed by atoms with van der Waals surface area (Å²) < 4.78 is 9.20. The molecular weight excluding hydrogens is 192 g/mol. The van der Waals surface area contributed by atoms with Crippen LogP contribution in [-0.4, -0.2) is 12.1 Å². The van der Waals surface area contributed by atoms with Gasteiger partial charge in [-0.1, -0.05) is 18.2 Å². The Morgan fingerprint density at radius 3 is 2.54 bits per heavy atom. The summed E-state index contributed by atoms with van der Waals surface area (Å²) in [6.07, 6.45) is -0.695. The second kappa shape index (κ2) is 4.72. The summed E-state index contributed by atoms with van der Waals surface area (Å²) in [5, 5.41) is 0. The van der Waals surface area contributed by atoms with Crippen molar-refractivity contribution in [3.8, 4) is 5.75 Å². The van der Waals surface area contributed by atoms with Gasteiger partial charge in [-0.05, 0) is 19.1 Å². The summed E-state index contributed by atoms with van der Waals surface area (Å²) >= 11 is 4.88. The lowest BCUT2D eigenvalue weighted by Gasteiger charge is -2.10. The maximum absolute atomic E-state index is 10.8. The van der Waals surface area contributed by atoms with Crippen molar-refractivity contribution in [1.82, 2.24) is 0 Å². The molecule has 0 radical (unpaired) electrons. The van der Waals surface area contributed by atoms with Crippen molar-refractivity contribution in [2.45, 2.75) is 13.0 Å². The van der Waals surface area contributed by atoms with Gasteiger partial charge in [0.1, 0.15) is 17.6 Å². The van der Waals surface area contributed by atoms with Crippen LogP contribution in [0.5, 0.6) is 5.75 Å². The standard InChI is InChI=1S/C9H9ClO3/c1-7(9(11)13-10)12-8-5-3-2-4-6-8/h2-7H,1H3. The molecule has 0 fully saturated rings. The average molecular weight is 201 g/mol. The van der Waals surface area contributed by atoms with Crippen molar-refractivity contribution in [1.29, 1.82) is 0 Å². The van der Waals surface area contributed by atoms with Gasteiger partial charge in [-0.25, -0.2) is 4.79 Å². The highest BCUT2D eigenvalue weighted by Crippen LogP contribution is 2.11. The van der Waals surface area contributed by atoms with E-state index < -0.39 is 12.1 Å². The van der Waals surface area contributed by atoms with E-state index in [0.29, 0.717) is 5.75 Å². The minimum Gasteiger partial charge on any atom is -0.479 e. The monoisotopic (exact) mass is 200 g/mol. The molecule has 0 aliphatic rings. The van der Waals surface area contributed by atoms with Crippen LogP contribution in [0.4, 0.5) is 0 Å². The van der Waals surface area contributed by atoms with Crippen LogP contribution in [0.1, 0.15) is 6.92 Å². The van der Waals surface area contributed by atoms with E-state index in [0.717, 1.165) is 0 Å². The first kappa shape index (κ1) is 9.86. The largest absolute Gasteiger partial charge is 0.479 e. The van der Waals surface area contributed by atoms with Gasteiger partial charge in [0, 0.05) is 0 Å². The molecule has 0 N–H and O–H groups in total. The number of carbonyl (C=O) groups is 1. The van der Waals surface area contributed by atoms with E-state index >= 15 is 0 Å². The lowest BCUT2D eigenvalue weighted by atomic mass is 10.3. The highest BCUT2D eigenvalue weighted by Gasteiger charge is 2.15. The van der Waals surface area contributed by atoms with Crippen molar-refractivity contribution in [2.75, 3.05) is 0 Å². The van der Waals surface area contributed by atoms with Gasteiger partial charge in [0.15, 0.2) is 6.10 Å². The molecule has 0 heterocycles. The van der Waals surface area contributed by atoms with Crippen molar-refractivity contribution < 1.29 is 13.8 Å². The van der Waals surface area contributed by atoms with Gasteiger partial charge in [-0.2, -0.15) is 0 Å². The van der Waals surface area contributed by atoms with Gasteiger partial charge < -0.3 is 9.03 Å². The van der Waals surface area contributed by atoms with Gasteiger partial charge in [-0.3, -0.25) is 0 Å². The van der Waals surface area contributed by atoms with E-state index in [9.17, 15) is 4.79 Å². The normalized spacial score (nSPS) is 11.8. The predicted octanol–water partition coefficient (Wildman–Crippen LogP) is 2.15. The zero-order chi connectivity index (χ0) is 9.68. The Bertz CT molecular complexity index is 273. The lowest BCUT2D eigenvalue weighted by molar-refractivity contribution is -0.140. The van der Waals surface area contributed by atoms with Gasteiger partial charge >= 0.3 is 5.97 Å². The quantitative estimate of drug-likeness (QED) is 0.750. The van der Waals surface area contributed by atoms with Crippen LogP contribution in [0.2, 0.25) is 0 Å². The summed E-state index contributed by atoms with van der Waals surface area (Å²) in [6, 6.07) is 8.98. The maximum atomic E-state index is 10.8. The van der Waals surface area contributed by atoms with Crippen molar-refractivity contribution >= 4 is 17.8 Å². The minimum atomic E-state index is -0.695. The first-order valence-electron chi connectivity index (χ1n) is 3.78. The molecule has 4 heteroatoms. The summed E-state index contributed by atoms with van der Waals surface area (Å²) in [4.78, 5) is 10.8. The van der Waals surface area contributed by atoms with Crippen LogP contribution in [0.15, 0.2) is 30.3 Å². The van der Waals surface area contributed by atoms with E-state index in [-0.39, 0.29) is 0 Å². The van der Waals surface area contributed by atoms with Crippen LogP contribution in [0.25, 0.3) is 0 Å². The van der Waals surface area contributed by atoms with Crippen LogP contribution < -0.4 is 4.74 Å². The topological polar surface area (TPSA) is 35.5 Å². The van der Waals surface area contributed by atoms with Crippen molar-refractivity contribution in [3.63, 3.8) is 0 Å². The van der Waals surface area contributed by atoms with Gasteiger partial charge in [0.2, 0.25) is 0 Å². The number of ether oxygens (including phenoxy) is 1. The molecule has 0 saturated heterocycles. The molecule has 1 aromatic carbocycles. The summed E-state index contributed by atoms with van der Waals surface area (Å²) in [5.41, 5.74) is 0. The number of halogens is 1. The fraction of sp³-hybridized carbons (Fsp3) is 0.222. The highest BCUT2D eigenvalue weighted by atomic mass is 35.5. The first-order chi connectivity index (χ1) is 6.24. The predicted molar refractivity (Wildman–Crippen MR) is 48.5 cm³/mol. The molecule has 0 aromatic heterocycles. The van der Waals surface area contributed by atoms with Crippen LogP contribution >= 0.6 is 11.9 Å². The molecular formula is C9H9ClO3. The SMILES string of the molecule is CC(Oc1ccccc1)C(=O)OCl. The van der Waals surface area contributed by atoms with Gasteiger partial charge in [0.25, 0.3) is 0 Å². The molecule has 1 aromatic rings. The van der Waals surface area contributed by atoms with Crippen molar-refractivity contribution in [3.05, 3.63) is 30.3 Å². The third-order valence-corrected chi connectivity index (χ3v) is 1.62. The Morgan fingerprint density at radius 1 is 1.38 bits per heavy atom. The number of rotatable bonds is 3.